The van der Waals surface area contributed by atoms with Crippen molar-refractivity contribution < 1.29 is 0 Å². The minimum Gasteiger partial charge on any atom is -0.397 e. The van der Waals surface area contributed by atoms with Crippen LogP contribution in [0.25, 0.3) is 10.8 Å². The van der Waals surface area contributed by atoms with Crippen molar-refractivity contribution in [3.63, 3.8) is 0 Å². The molecule has 0 saturated carbocycles. The van der Waals surface area contributed by atoms with Crippen molar-refractivity contribution >= 4 is 65.3 Å². The molecule has 4 heteroatoms. The lowest BCUT2D eigenvalue weighted by atomic mass is 10.0. The molecule has 0 amide bonds. The second-order valence-corrected chi connectivity index (χ2v) is 5.16. The quantitative estimate of drug-likeness (QED) is 0.652. The molecule has 0 spiro atoms. The van der Waals surface area contributed by atoms with Gasteiger partial charge in [0.05, 0.1) is 5.69 Å². The van der Waals surface area contributed by atoms with Crippen LogP contribution in [-0.2, 0) is 6.42 Å². The Balaban J connectivity index is 0.00000128. The topological polar surface area (TPSA) is 26.0 Å². The first-order chi connectivity index (χ1) is 7.15. The summed E-state index contributed by atoms with van der Waals surface area (Å²) in [6, 6.07) is 8.26. The van der Waals surface area contributed by atoms with Gasteiger partial charge in [0.2, 0.25) is 0 Å². The van der Waals surface area contributed by atoms with Crippen LogP contribution in [0.2, 0.25) is 0 Å². The molecule has 1 nitrogen and oxygen atoms in total. The average Bonchev–Trinajstić information content (AvgIpc) is 2.25. The maximum absolute atomic E-state index is 6.04. The number of hydrogen-bond acceptors (Lipinski definition) is 1. The predicted octanol–water partition coefficient (Wildman–Crippen LogP) is 5.09. The Kier molecular flexibility index (Phi) is 4.83. The molecule has 0 aromatic heterocycles. The standard InChI is InChI=1S/C12H11Br2N.BrH/c1-2-7-4-3-5-8-11(7)9(13)6-10(14)12(8)15;/h3-6H,2,15H2,1H3;1H. The van der Waals surface area contributed by atoms with Gasteiger partial charge in [0.15, 0.2) is 0 Å². The zero-order valence-electron chi connectivity index (χ0n) is 8.76. The maximum Gasteiger partial charge on any atom is 0.0539 e. The molecule has 2 aromatic carbocycles. The van der Waals surface area contributed by atoms with Gasteiger partial charge in [0.25, 0.3) is 0 Å². The fourth-order valence-electron chi connectivity index (χ4n) is 1.79. The average molecular weight is 410 g/mol. The summed E-state index contributed by atoms with van der Waals surface area (Å²) in [6.45, 7) is 2.15. The van der Waals surface area contributed by atoms with E-state index in [1.807, 2.05) is 6.07 Å². The molecule has 0 fully saturated rings. The highest BCUT2D eigenvalue weighted by molar-refractivity contribution is 9.11. The first-order valence-electron chi connectivity index (χ1n) is 4.80. The highest BCUT2D eigenvalue weighted by atomic mass is 79.9. The van der Waals surface area contributed by atoms with Crippen LogP contribution < -0.4 is 5.73 Å². The van der Waals surface area contributed by atoms with Crippen LogP contribution in [0.5, 0.6) is 0 Å². The number of anilines is 1. The number of fused-ring (bicyclic) bond motifs is 1. The van der Waals surface area contributed by atoms with E-state index in [4.69, 9.17) is 5.73 Å². The highest BCUT2D eigenvalue weighted by Gasteiger charge is 2.09. The van der Waals surface area contributed by atoms with Crippen LogP contribution in [0.4, 0.5) is 5.69 Å². The maximum atomic E-state index is 6.04. The molecule has 0 saturated heterocycles. The number of benzene rings is 2. The molecule has 0 unspecified atom stereocenters. The fourth-order valence-corrected chi connectivity index (χ4v) is 3.24. The van der Waals surface area contributed by atoms with Gasteiger partial charge in [0, 0.05) is 19.7 Å². The van der Waals surface area contributed by atoms with Gasteiger partial charge in [-0.1, -0.05) is 41.1 Å². The van der Waals surface area contributed by atoms with E-state index in [2.05, 4.69) is 57.0 Å². The summed E-state index contributed by atoms with van der Waals surface area (Å²) in [5.41, 5.74) is 8.17. The van der Waals surface area contributed by atoms with Gasteiger partial charge < -0.3 is 5.73 Å². The summed E-state index contributed by atoms with van der Waals surface area (Å²) in [7, 11) is 0. The summed E-state index contributed by atoms with van der Waals surface area (Å²) in [5, 5.41) is 2.33. The van der Waals surface area contributed by atoms with Crippen molar-refractivity contribution in [1.82, 2.24) is 0 Å². The summed E-state index contributed by atoms with van der Waals surface area (Å²) in [6.07, 6.45) is 1.01. The minimum absolute atomic E-state index is 0. The van der Waals surface area contributed by atoms with Gasteiger partial charge in [0.1, 0.15) is 0 Å². The third-order valence-electron chi connectivity index (χ3n) is 2.57. The smallest absolute Gasteiger partial charge is 0.0539 e. The SMILES string of the molecule is Br.CCc1cccc2c(N)c(Br)cc(Br)c12. The summed E-state index contributed by atoms with van der Waals surface area (Å²) < 4.78 is 2.03. The Labute approximate surface area is 122 Å². The molecule has 0 aliphatic rings. The van der Waals surface area contributed by atoms with Crippen LogP contribution in [0, 0.1) is 0 Å². The summed E-state index contributed by atoms with van der Waals surface area (Å²) in [4.78, 5) is 0. The first kappa shape index (κ1) is 14.0. The number of aryl methyl sites for hydroxylation is 1. The van der Waals surface area contributed by atoms with E-state index in [0.717, 1.165) is 26.4 Å². The van der Waals surface area contributed by atoms with Gasteiger partial charge >= 0.3 is 0 Å². The molecule has 0 aliphatic carbocycles. The molecule has 2 aromatic rings. The zero-order chi connectivity index (χ0) is 11.0. The lowest BCUT2D eigenvalue weighted by Crippen LogP contribution is -1.92. The number of hydrogen-bond donors (Lipinski definition) is 1. The Morgan fingerprint density at radius 1 is 1.19 bits per heavy atom. The van der Waals surface area contributed by atoms with E-state index in [9.17, 15) is 0 Å². The molecule has 16 heavy (non-hydrogen) atoms. The molecule has 86 valence electrons. The van der Waals surface area contributed by atoms with E-state index in [1.165, 1.54) is 10.9 Å². The zero-order valence-corrected chi connectivity index (χ0v) is 13.6. The van der Waals surface area contributed by atoms with Crippen LogP contribution >= 0.6 is 48.8 Å². The van der Waals surface area contributed by atoms with Gasteiger partial charge in [-0.3, -0.25) is 0 Å². The van der Waals surface area contributed by atoms with Crippen molar-refractivity contribution in [2.24, 2.45) is 0 Å². The minimum atomic E-state index is 0. The van der Waals surface area contributed by atoms with Gasteiger partial charge in [-0.25, -0.2) is 0 Å². The monoisotopic (exact) mass is 407 g/mol. The number of nitrogen functional groups attached to an aromatic ring is 1. The van der Waals surface area contributed by atoms with Crippen LogP contribution in [0.1, 0.15) is 12.5 Å². The molecule has 2 N–H and O–H groups in total. The molecule has 0 heterocycles. The molecule has 0 bridgehead atoms. The normalized spacial score (nSPS) is 10.2. The first-order valence-corrected chi connectivity index (χ1v) is 6.38. The van der Waals surface area contributed by atoms with Crippen molar-refractivity contribution in [3.05, 3.63) is 38.8 Å². The number of rotatable bonds is 1. The number of halogens is 3. The fraction of sp³-hybridized carbons (Fsp3) is 0.167. The largest absolute Gasteiger partial charge is 0.397 e. The highest BCUT2D eigenvalue weighted by Crippen LogP contribution is 2.36. The Bertz CT molecular complexity index is 523. The Hall–Kier alpha value is -0.0600. The van der Waals surface area contributed by atoms with Gasteiger partial charge in [-0.15, -0.1) is 17.0 Å². The summed E-state index contributed by atoms with van der Waals surface area (Å²) >= 11 is 7.05. The van der Waals surface area contributed by atoms with Crippen LogP contribution in [0.3, 0.4) is 0 Å². The molecule has 0 radical (unpaired) electrons. The Morgan fingerprint density at radius 3 is 2.50 bits per heavy atom. The second-order valence-electron chi connectivity index (χ2n) is 3.45. The van der Waals surface area contributed by atoms with Crippen molar-refractivity contribution in [2.45, 2.75) is 13.3 Å². The third-order valence-corrected chi connectivity index (χ3v) is 3.85. The van der Waals surface area contributed by atoms with Crippen molar-refractivity contribution in [2.75, 3.05) is 5.73 Å². The number of nitrogens with two attached hydrogens (primary N) is 1. The molecular weight excluding hydrogens is 398 g/mol. The third kappa shape index (κ3) is 2.29. The lowest BCUT2D eigenvalue weighted by molar-refractivity contribution is 1.16. The molecule has 2 rings (SSSR count). The van der Waals surface area contributed by atoms with Crippen LogP contribution in [-0.4, -0.2) is 0 Å². The Morgan fingerprint density at radius 2 is 1.88 bits per heavy atom. The summed E-state index contributed by atoms with van der Waals surface area (Å²) in [5.74, 6) is 0. The van der Waals surface area contributed by atoms with Gasteiger partial charge in [-0.05, 0) is 34.0 Å². The van der Waals surface area contributed by atoms with E-state index in [0.29, 0.717) is 0 Å². The molecule has 0 aliphatic heterocycles. The predicted molar refractivity (Wildman–Crippen MR) is 83.5 cm³/mol. The van der Waals surface area contributed by atoms with Gasteiger partial charge in [-0.2, -0.15) is 0 Å². The van der Waals surface area contributed by atoms with E-state index in [-0.39, 0.29) is 17.0 Å². The van der Waals surface area contributed by atoms with E-state index in [1.54, 1.807) is 0 Å². The van der Waals surface area contributed by atoms with Crippen LogP contribution in [0.15, 0.2) is 33.2 Å². The molecular formula is C12H12Br3N. The van der Waals surface area contributed by atoms with Crippen molar-refractivity contribution in [1.29, 1.82) is 0 Å². The second kappa shape index (κ2) is 5.52. The lowest BCUT2D eigenvalue weighted by Gasteiger charge is -2.10. The molecule has 0 atom stereocenters. The van der Waals surface area contributed by atoms with Crippen molar-refractivity contribution in [3.8, 4) is 0 Å². The van der Waals surface area contributed by atoms with E-state index < -0.39 is 0 Å². The van der Waals surface area contributed by atoms with E-state index >= 15 is 0 Å².